The topological polar surface area (TPSA) is 23.6 Å². The number of carbonyl (C=O) groups excluding carboxylic acids is 1. The van der Waals surface area contributed by atoms with E-state index in [0.717, 1.165) is 32.1 Å². The smallest absolute Gasteiger partial charge is 0.319 e. The van der Waals surface area contributed by atoms with E-state index in [1.54, 1.807) is 0 Å². The van der Waals surface area contributed by atoms with E-state index in [1.807, 2.05) is 23.6 Å². The lowest BCUT2D eigenvalue weighted by Crippen LogP contribution is -2.43. The summed E-state index contributed by atoms with van der Waals surface area (Å²) >= 11 is 0. The minimum Gasteiger partial charge on any atom is -0.325 e. The highest BCUT2D eigenvalue weighted by Gasteiger charge is 2.27. The molecule has 0 aromatic heterocycles. The summed E-state index contributed by atoms with van der Waals surface area (Å²) in [5, 5.41) is 0. The molecule has 1 saturated carbocycles. The first-order valence-corrected chi connectivity index (χ1v) is 5.76. The van der Waals surface area contributed by atoms with Crippen molar-refractivity contribution in [1.82, 2.24) is 9.80 Å². The zero-order chi connectivity index (χ0) is 10.6. The number of hydrogen-bond donors (Lipinski definition) is 0. The zero-order valence-corrected chi connectivity index (χ0v) is 9.62. The van der Waals surface area contributed by atoms with E-state index in [2.05, 4.69) is 6.92 Å². The Kier molecular flexibility index (Phi) is 4.23. The summed E-state index contributed by atoms with van der Waals surface area (Å²) in [5.41, 5.74) is 0. The van der Waals surface area contributed by atoms with Crippen LogP contribution in [-0.4, -0.2) is 42.0 Å². The maximum Gasteiger partial charge on any atom is 0.319 e. The lowest BCUT2D eigenvalue weighted by atomic mass is 10.3. The van der Waals surface area contributed by atoms with Gasteiger partial charge in [0.25, 0.3) is 0 Å². The minimum absolute atomic E-state index is 0.212. The van der Waals surface area contributed by atoms with Crippen molar-refractivity contribution < 1.29 is 4.79 Å². The molecule has 3 nitrogen and oxygen atoms in total. The number of hydrogen-bond acceptors (Lipinski definition) is 1. The third-order valence-corrected chi connectivity index (χ3v) is 2.86. The molecule has 0 radical (unpaired) electrons. The van der Waals surface area contributed by atoms with Crippen molar-refractivity contribution in [3.63, 3.8) is 0 Å². The van der Waals surface area contributed by atoms with E-state index in [9.17, 15) is 4.79 Å². The van der Waals surface area contributed by atoms with Gasteiger partial charge < -0.3 is 9.80 Å². The van der Waals surface area contributed by atoms with Crippen LogP contribution in [0.5, 0.6) is 0 Å². The molecule has 2 amide bonds. The SMILES string of the molecule is CCN(CC)C(=O)N(CC)CC1CC1. The zero-order valence-electron chi connectivity index (χ0n) is 9.62. The fraction of sp³-hybridized carbons (Fsp3) is 0.909. The van der Waals surface area contributed by atoms with Crippen molar-refractivity contribution >= 4 is 6.03 Å². The van der Waals surface area contributed by atoms with E-state index in [0.29, 0.717) is 0 Å². The largest absolute Gasteiger partial charge is 0.325 e. The lowest BCUT2D eigenvalue weighted by molar-refractivity contribution is 0.157. The Bertz CT molecular complexity index is 186. The van der Waals surface area contributed by atoms with Gasteiger partial charge in [0.15, 0.2) is 0 Å². The molecule has 1 aliphatic rings. The van der Waals surface area contributed by atoms with Crippen molar-refractivity contribution in [2.75, 3.05) is 26.2 Å². The summed E-state index contributed by atoms with van der Waals surface area (Å²) in [4.78, 5) is 15.8. The Morgan fingerprint density at radius 2 is 1.57 bits per heavy atom. The van der Waals surface area contributed by atoms with Gasteiger partial charge in [0.1, 0.15) is 0 Å². The summed E-state index contributed by atoms with van der Waals surface area (Å²) in [6, 6.07) is 0.212. The summed E-state index contributed by atoms with van der Waals surface area (Å²) < 4.78 is 0. The quantitative estimate of drug-likeness (QED) is 0.664. The summed E-state index contributed by atoms with van der Waals surface area (Å²) in [6.07, 6.45) is 2.62. The fourth-order valence-corrected chi connectivity index (χ4v) is 1.65. The summed E-state index contributed by atoms with van der Waals surface area (Å²) in [6.45, 7) is 9.56. The van der Waals surface area contributed by atoms with E-state index in [4.69, 9.17) is 0 Å². The van der Waals surface area contributed by atoms with Crippen LogP contribution in [0.1, 0.15) is 33.6 Å². The summed E-state index contributed by atoms with van der Waals surface area (Å²) in [5.74, 6) is 0.787. The molecule has 0 aromatic carbocycles. The second-order valence-corrected chi connectivity index (χ2v) is 3.94. The Labute approximate surface area is 87.1 Å². The van der Waals surface area contributed by atoms with E-state index >= 15 is 0 Å². The van der Waals surface area contributed by atoms with Crippen LogP contribution in [0.3, 0.4) is 0 Å². The molecule has 82 valence electrons. The van der Waals surface area contributed by atoms with Gasteiger partial charge in [-0.1, -0.05) is 0 Å². The average Bonchev–Trinajstić information content (AvgIpc) is 2.99. The van der Waals surface area contributed by atoms with Crippen LogP contribution in [-0.2, 0) is 0 Å². The molecule has 1 rings (SSSR count). The van der Waals surface area contributed by atoms with Gasteiger partial charge >= 0.3 is 6.03 Å². The molecule has 0 bridgehead atoms. The van der Waals surface area contributed by atoms with Crippen molar-refractivity contribution in [1.29, 1.82) is 0 Å². The molecule has 3 heteroatoms. The molecule has 0 aromatic rings. The molecule has 0 heterocycles. The van der Waals surface area contributed by atoms with Gasteiger partial charge in [-0.05, 0) is 39.5 Å². The predicted molar refractivity (Wildman–Crippen MR) is 58.3 cm³/mol. The van der Waals surface area contributed by atoms with Crippen LogP contribution in [0.15, 0.2) is 0 Å². The molecule has 14 heavy (non-hydrogen) atoms. The van der Waals surface area contributed by atoms with Gasteiger partial charge in [-0.15, -0.1) is 0 Å². The van der Waals surface area contributed by atoms with E-state index < -0.39 is 0 Å². The fourth-order valence-electron chi connectivity index (χ4n) is 1.65. The molecule has 0 saturated heterocycles. The number of carbonyl (C=O) groups is 1. The normalized spacial score (nSPS) is 15.4. The Hall–Kier alpha value is -0.730. The average molecular weight is 198 g/mol. The second-order valence-electron chi connectivity index (χ2n) is 3.94. The van der Waals surface area contributed by atoms with Gasteiger partial charge in [0, 0.05) is 26.2 Å². The first-order chi connectivity index (χ1) is 6.72. The highest BCUT2D eigenvalue weighted by Crippen LogP contribution is 2.29. The van der Waals surface area contributed by atoms with Gasteiger partial charge in [0.05, 0.1) is 0 Å². The van der Waals surface area contributed by atoms with Crippen molar-refractivity contribution in [3.8, 4) is 0 Å². The Balaban J connectivity index is 2.43. The van der Waals surface area contributed by atoms with Crippen LogP contribution in [0, 0.1) is 5.92 Å². The summed E-state index contributed by atoms with van der Waals surface area (Å²) in [7, 11) is 0. The standard InChI is InChI=1S/C11H22N2O/c1-4-12(5-2)11(14)13(6-3)9-10-7-8-10/h10H,4-9H2,1-3H3. The van der Waals surface area contributed by atoms with E-state index in [1.165, 1.54) is 12.8 Å². The third kappa shape index (κ3) is 2.89. The van der Waals surface area contributed by atoms with Gasteiger partial charge in [0.2, 0.25) is 0 Å². The molecular weight excluding hydrogens is 176 g/mol. The first kappa shape index (κ1) is 11.3. The lowest BCUT2D eigenvalue weighted by Gasteiger charge is -2.28. The molecule has 0 unspecified atom stereocenters. The van der Waals surface area contributed by atoms with Crippen LogP contribution < -0.4 is 0 Å². The molecule has 1 fully saturated rings. The highest BCUT2D eigenvalue weighted by atomic mass is 16.2. The number of amides is 2. The van der Waals surface area contributed by atoms with E-state index in [-0.39, 0.29) is 6.03 Å². The number of urea groups is 1. The van der Waals surface area contributed by atoms with Gasteiger partial charge in [-0.25, -0.2) is 4.79 Å². The molecule has 0 N–H and O–H groups in total. The Morgan fingerprint density at radius 1 is 1.07 bits per heavy atom. The van der Waals surface area contributed by atoms with Crippen molar-refractivity contribution in [2.45, 2.75) is 33.6 Å². The monoisotopic (exact) mass is 198 g/mol. The third-order valence-electron chi connectivity index (χ3n) is 2.86. The highest BCUT2D eigenvalue weighted by molar-refractivity contribution is 5.74. The van der Waals surface area contributed by atoms with Crippen LogP contribution in [0.4, 0.5) is 4.79 Å². The molecular formula is C11H22N2O. The molecule has 0 spiro atoms. The van der Waals surface area contributed by atoms with Crippen LogP contribution >= 0.6 is 0 Å². The molecule has 0 atom stereocenters. The molecule has 0 aliphatic heterocycles. The maximum atomic E-state index is 12.0. The van der Waals surface area contributed by atoms with Crippen LogP contribution in [0.25, 0.3) is 0 Å². The maximum absolute atomic E-state index is 12.0. The first-order valence-electron chi connectivity index (χ1n) is 5.76. The second kappa shape index (κ2) is 5.23. The minimum atomic E-state index is 0.212. The van der Waals surface area contributed by atoms with Gasteiger partial charge in [-0.3, -0.25) is 0 Å². The van der Waals surface area contributed by atoms with Crippen molar-refractivity contribution in [3.05, 3.63) is 0 Å². The number of nitrogens with zero attached hydrogens (tertiary/aromatic N) is 2. The van der Waals surface area contributed by atoms with Crippen molar-refractivity contribution in [2.24, 2.45) is 5.92 Å². The number of rotatable bonds is 5. The predicted octanol–water partition coefficient (Wildman–Crippen LogP) is 2.18. The van der Waals surface area contributed by atoms with Crippen LogP contribution in [0.2, 0.25) is 0 Å². The Morgan fingerprint density at radius 3 is 1.93 bits per heavy atom. The van der Waals surface area contributed by atoms with Gasteiger partial charge in [-0.2, -0.15) is 0 Å². The molecule has 1 aliphatic carbocycles.